The number of hydrogen-bond donors (Lipinski definition) is 0. The quantitative estimate of drug-likeness (QED) is 0.362. The van der Waals surface area contributed by atoms with Gasteiger partial charge in [-0.25, -0.2) is 0 Å². The molecule has 0 aliphatic rings. The molecule has 0 bridgehead atoms. The van der Waals surface area contributed by atoms with Crippen molar-refractivity contribution in [2.75, 3.05) is 0 Å². The van der Waals surface area contributed by atoms with Crippen LogP contribution < -0.4 is 8.32 Å². The summed E-state index contributed by atoms with van der Waals surface area (Å²) >= 11 is -3.50. The average molecular weight is 441 g/mol. The second-order valence-corrected chi connectivity index (χ2v) is 0.577. The molecule has 4 nitrogen and oxygen atoms in total. The fourth-order valence-corrected chi connectivity index (χ4v) is 0. The van der Waals surface area contributed by atoms with Gasteiger partial charge in [-0.1, -0.05) is 0 Å². The third kappa shape index (κ3) is 80.5. The summed E-state index contributed by atoms with van der Waals surface area (Å²) in [6, 6.07) is 0. The standard InChI is InChI=1S/2Al.Ce.Mg.4O.Tb/q;;;+2;;;2*-1;. The summed E-state index contributed by atoms with van der Waals surface area (Å²) in [4.78, 5) is 0. The minimum Gasteiger partial charge on any atom is 0 e. The first-order valence-corrected chi connectivity index (χ1v) is 2.83. The van der Waals surface area contributed by atoms with E-state index >= 15 is 0 Å². The third-order valence-electron chi connectivity index (χ3n) is 0. The Labute approximate surface area is 146 Å². The van der Waals surface area contributed by atoms with Crippen LogP contribution in [0.4, 0.5) is 0 Å². The normalized spacial score (nSPS) is 1.78. The Morgan fingerprint density at radius 3 is 1.00 bits per heavy atom. The van der Waals surface area contributed by atoms with Gasteiger partial charge >= 0.3 is 70.0 Å². The van der Waals surface area contributed by atoms with Crippen LogP contribution in [0.25, 0.3) is 0 Å². The maximum Gasteiger partial charge on any atom is 0 e. The molecule has 0 saturated heterocycles. The predicted molar refractivity (Wildman–Crippen MR) is 18.6 cm³/mol. The van der Waals surface area contributed by atoms with Crippen LogP contribution in [0, 0.1) is 80.4 Å². The zero-order valence-electron chi connectivity index (χ0n) is 4.33. The van der Waals surface area contributed by atoms with Crippen LogP contribution in [0.3, 0.4) is 0 Å². The summed E-state index contributed by atoms with van der Waals surface area (Å²) in [6.45, 7) is 0. The van der Waals surface area contributed by atoms with Gasteiger partial charge in [0.15, 0.2) is 0 Å². The third-order valence-corrected chi connectivity index (χ3v) is 0. The minimum absolute atomic E-state index is 0. The van der Waals surface area contributed by atoms with Gasteiger partial charge in [-0.3, -0.25) is 0 Å². The first-order chi connectivity index (χ1) is 2.83. The van der Waals surface area contributed by atoms with Crippen molar-refractivity contribution in [2.24, 2.45) is 0 Å². The molecule has 0 heterocycles. The van der Waals surface area contributed by atoms with E-state index in [1.165, 1.54) is 0 Å². The monoisotopic (exact) mass is 441 g/mol. The molecule has 0 rings (SSSR count). The van der Waals surface area contributed by atoms with Gasteiger partial charge in [-0.15, -0.1) is 0 Å². The van der Waals surface area contributed by atoms with Crippen LogP contribution in [0.15, 0.2) is 0 Å². The molecule has 9 heteroatoms. The zero-order valence-corrected chi connectivity index (χ0v) is 13.3. The summed E-state index contributed by atoms with van der Waals surface area (Å²) in [5.74, 6) is 0. The molecule has 1 radical (unpaired) electrons. The van der Waals surface area contributed by atoms with Crippen molar-refractivity contribution in [1.29, 1.82) is 0 Å². The Kier molecular flexibility index (Phi) is 134. The first kappa shape index (κ1) is 29.3. The van der Waals surface area contributed by atoms with E-state index < -0.39 is 31.0 Å². The molecular formula is Al2CeMgO4Tb. The van der Waals surface area contributed by atoms with Crippen molar-refractivity contribution in [2.45, 2.75) is 0 Å². The second-order valence-electron chi connectivity index (χ2n) is 0.192. The van der Waals surface area contributed by atoms with E-state index in [1.807, 2.05) is 0 Å². The summed E-state index contributed by atoms with van der Waals surface area (Å²) in [7, 11) is 0. The van der Waals surface area contributed by atoms with Gasteiger partial charge in [0.25, 0.3) is 0 Å². The Balaban J connectivity index is -0.00000000889. The van der Waals surface area contributed by atoms with Crippen LogP contribution in [0.2, 0.25) is 0 Å². The molecule has 0 aromatic rings. The summed E-state index contributed by atoms with van der Waals surface area (Å²) in [5, 5.41) is 0. The van der Waals surface area contributed by atoms with Gasteiger partial charge < -0.3 is 0 Å². The van der Waals surface area contributed by atoms with Crippen LogP contribution >= 0.6 is 0 Å². The Hall–Kier alpha value is 3.69. The Bertz CT molecular complexity index is 39.5. The van der Waals surface area contributed by atoms with E-state index in [9.17, 15) is 0 Å². The van der Waals surface area contributed by atoms with E-state index in [4.69, 9.17) is 15.9 Å². The van der Waals surface area contributed by atoms with Crippen molar-refractivity contribution in [3.63, 3.8) is 0 Å². The second kappa shape index (κ2) is 41.3. The molecule has 0 unspecified atom stereocenters. The van der Waals surface area contributed by atoms with E-state index in [1.54, 1.807) is 0 Å². The predicted octanol–water partition coefficient (Wildman–Crippen LogP) is -3.76. The molecule has 0 saturated carbocycles. The average Bonchev–Trinajstić information content (AvgIpc) is 1.39. The van der Waals surface area contributed by atoms with E-state index in [2.05, 4.69) is 0 Å². The summed E-state index contributed by atoms with van der Waals surface area (Å²) in [6.07, 6.45) is 0. The molecule has 0 aliphatic heterocycles. The molecule has 0 N–H and O–H groups in total. The van der Waals surface area contributed by atoms with Crippen molar-refractivity contribution in [3.05, 3.63) is 0 Å². The molecule has 0 aromatic carbocycles. The maximum atomic E-state index is 8.46. The fraction of sp³-hybridized carbons (Fsp3) is 0. The van der Waals surface area contributed by atoms with Crippen LogP contribution in [-0.4, -0.2) is 54.0 Å². The zero-order chi connectivity index (χ0) is 5.41. The SMILES string of the molecule is [Ce].[Mg+2].[O]=[Al][O-].[O]=[Al][O-].[Tb]. The number of rotatable bonds is 0. The summed E-state index contributed by atoms with van der Waals surface area (Å²) in [5.41, 5.74) is 0. The smallest absolute Gasteiger partial charge is 0 e. The van der Waals surface area contributed by atoms with Crippen LogP contribution in [0.5, 0.6) is 0 Å². The van der Waals surface area contributed by atoms with Gasteiger partial charge in [0, 0.05) is 80.4 Å². The van der Waals surface area contributed by atoms with Gasteiger partial charge in [-0.05, 0) is 0 Å². The van der Waals surface area contributed by atoms with Gasteiger partial charge in [0.2, 0.25) is 0 Å². The van der Waals surface area contributed by atoms with E-state index in [0.717, 1.165) is 0 Å². The Morgan fingerprint density at radius 2 is 1.00 bits per heavy atom. The molecular weight excluding hydrogens is 441 g/mol. The fourth-order valence-electron chi connectivity index (χ4n) is 0. The largest absolute Gasteiger partial charge is 0 e. The molecule has 0 fully saturated rings. The molecule has 0 amide bonds. The molecule has 0 aromatic heterocycles. The van der Waals surface area contributed by atoms with Crippen molar-refractivity contribution in [3.8, 4) is 0 Å². The Morgan fingerprint density at radius 1 is 1.00 bits per heavy atom. The van der Waals surface area contributed by atoms with Crippen molar-refractivity contribution >= 4 is 54.0 Å². The van der Waals surface area contributed by atoms with E-state index in [0.29, 0.717) is 0 Å². The molecule has 45 valence electrons. The van der Waals surface area contributed by atoms with Crippen LogP contribution in [0.1, 0.15) is 0 Å². The van der Waals surface area contributed by atoms with Crippen LogP contribution in [-0.2, 0) is 7.61 Å². The van der Waals surface area contributed by atoms with Gasteiger partial charge in [0.05, 0.1) is 0 Å². The first-order valence-electron chi connectivity index (χ1n) is 0.943. The molecule has 9 heavy (non-hydrogen) atoms. The van der Waals surface area contributed by atoms with Crippen molar-refractivity contribution in [1.82, 2.24) is 0 Å². The van der Waals surface area contributed by atoms with E-state index in [-0.39, 0.29) is 103 Å². The minimum atomic E-state index is -1.75. The number of hydrogen-bond acceptors (Lipinski definition) is 4. The maximum absolute atomic E-state index is 8.46. The molecule has 0 spiro atoms. The summed E-state index contributed by atoms with van der Waals surface area (Å²) < 4.78 is 33.8. The topological polar surface area (TPSA) is 80.3 Å². The van der Waals surface area contributed by atoms with Gasteiger partial charge in [-0.2, -0.15) is 0 Å². The molecule has 0 atom stereocenters. The van der Waals surface area contributed by atoms with Crippen molar-refractivity contribution < 1.29 is 96.3 Å². The molecule has 0 aliphatic carbocycles. The van der Waals surface area contributed by atoms with Gasteiger partial charge in [0.1, 0.15) is 0 Å².